The van der Waals surface area contributed by atoms with Crippen LogP contribution in [0.15, 0.2) is 24.3 Å². The number of hydrogen-bond acceptors (Lipinski definition) is 2. The number of carbonyl (C=O) groups excluding carboxylic acids is 1. The van der Waals surface area contributed by atoms with Gasteiger partial charge in [-0.2, -0.15) is 0 Å². The Bertz CT molecular complexity index is 405. The van der Waals surface area contributed by atoms with E-state index in [2.05, 4.69) is 13.0 Å². The average molecular weight is 260 g/mol. The molecule has 0 saturated heterocycles. The van der Waals surface area contributed by atoms with Crippen molar-refractivity contribution in [1.29, 1.82) is 0 Å². The van der Waals surface area contributed by atoms with Crippen LogP contribution in [0.25, 0.3) is 0 Å². The smallest absolute Gasteiger partial charge is 0.338 e. The predicted octanol–water partition coefficient (Wildman–Crippen LogP) is 4.69. The molecule has 0 N–H and O–H groups in total. The van der Waals surface area contributed by atoms with Crippen LogP contribution < -0.4 is 0 Å². The topological polar surface area (TPSA) is 26.3 Å². The average Bonchev–Trinajstić information content (AvgIpc) is 2.48. The quantitative estimate of drug-likeness (QED) is 0.567. The molecule has 0 radical (unpaired) electrons. The summed E-state index contributed by atoms with van der Waals surface area (Å²) >= 11 is 0. The van der Waals surface area contributed by atoms with Gasteiger partial charge < -0.3 is 4.74 Å². The summed E-state index contributed by atoms with van der Waals surface area (Å²) in [5.41, 5.74) is 1.98. The molecule has 1 saturated carbocycles. The van der Waals surface area contributed by atoms with Crippen LogP contribution >= 0.6 is 0 Å². The van der Waals surface area contributed by atoms with Crippen LogP contribution in [0.4, 0.5) is 0 Å². The monoisotopic (exact) mass is 260 g/mol. The lowest BCUT2D eigenvalue weighted by Crippen LogP contribution is -2.13. The van der Waals surface area contributed by atoms with Crippen molar-refractivity contribution in [3.05, 3.63) is 35.4 Å². The highest BCUT2D eigenvalue weighted by molar-refractivity contribution is 5.91. The minimum atomic E-state index is -0.144. The van der Waals surface area contributed by atoms with Gasteiger partial charge in [-0.3, -0.25) is 0 Å². The van der Waals surface area contributed by atoms with Crippen LogP contribution in [0.1, 0.15) is 73.7 Å². The number of unbranched alkanes of at least 4 members (excludes halogenated alkanes) is 1. The van der Waals surface area contributed by atoms with Crippen LogP contribution in [-0.2, 0) is 4.74 Å². The van der Waals surface area contributed by atoms with E-state index in [-0.39, 0.29) is 5.97 Å². The fourth-order valence-electron chi connectivity index (χ4n) is 2.84. The molecule has 1 fully saturated rings. The van der Waals surface area contributed by atoms with E-state index >= 15 is 0 Å². The first-order chi connectivity index (χ1) is 9.33. The molecule has 0 spiro atoms. The van der Waals surface area contributed by atoms with Crippen LogP contribution in [0.5, 0.6) is 0 Å². The molecule has 0 heterocycles. The molecule has 0 aliphatic heterocycles. The summed E-state index contributed by atoms with van der Waals surface area (Å²) in [4.78, 5) is 12.2. The van der Waals surface area contributed by atoms with Gasteiger partial charge in [0.15, 0.2) is 0 Å². The van der Waals surface area contributed by atoms with Crippen molar-refractivity contribution in [2.75, 3.05) is 6.61 Å². The predicted molar refractivity (Wildman–Crippen MR) is 77.5 cm³/mol. The summed E-state index contributed by atoms with van der Waals surface area (Å²) in [6.45, 7) is 2.64. The fourth-order valence-corrected chi connectivity index (χ4v) is 2.84. The van der Waals surface area contributed by atoms with Gasteiger partial charge in [-0.05, 0) is 36.8 Å². The lowest BCUT2D eigenvalue weighted by molar-refractivity contribution is 0.0497. The van der Waals surface area contributed by atoms with E-state index < -0.39 is 0 Å². The van der Waals surface area contributed by atoms with E-state index in [0.717, 1.165) is 18.4 Å². The second-order valence-corrected chi connectivity index (χ2v) is 5.41. The van der Waals surface area contributed by atoms with E-state index in [1.54, 1.807) is 0 Å². The van der Waals surface area contributed by atoms with Gasteiger partial charge in [-0.25, -0.2) is 4.79 Å². The maximum atomic E-state index is 12.2. The van der Waals surface area contributed by atoms with Crippen molar-refractivity contribution < 1.29 is 9.53 Å². The van der Waals surface area contributed by atoms with Crippen molar-refractivity contribution in [2.24, 2.45) is 0 Å². The van der Waals surface area contributed by atoms with Crippen molar-refractivity contribution in [3.8, 4) is 0 Å². The third-order valence-corrected chi connectivity index (χ3v) is 3.96. The molecule has 0 unspecified atom stereocenters. The Hall–Kier alpha value is -1.31. The summed E-state index contributed by atoms with van der Waals surface area (Å²) in [6.07, 6.45) is 8.31. The SMILES string of the molecule is CCCCOC(=O)c1ccccc1C1CCCCC1. The maximum Gasteiger partial charge on any atom is 0.338 e. The third kappa shape index (κ3) is 3.82. The fraction of sp³-hybridized carbons (Fsp3) is 0.588. The third-order valence-electron chi connectivity index (χ3n) is 3.96. The highest BCUT2D eigenvalue weighted by Crippen LogP contribution is 2.34. The van der Waals surface area contributed by atoms with Crippen molar-refractivity contribution >= 4 is 5.97 Å². The highest BCUT2D eigenvalue weighted by atomic mass is 16.5. The first kappa shape index (κ1) is 14.1. The lowest BCUT2D eigenvalue weighted by atomic mass is 9.82. The Morgan fingerprint density at radius 1 is 1.21 bits per heavy atom. The Morgan fingerprint density at radius 3 is 2.68 bits per heavy atom. The van der Waals surface area contributed by atoms with E-state index in [9.17, 15) is 4.79 Å². The molecule has 2 heteroatoms. The van der Waals surface area contributed by atoms with Crippen molar-refractivity contribution in [2.45, 2.75) is 57.8 Å². The number of benzene rings is 1. The van der Waals surface area contributed by atoms with E-state index in [0.29, 0.717) is 12.5 Å². The van der Waals surface area contributed by atoms with E-state index in [1.807, 2.05) is 18.2 Å². The molecule has 1 aliphatic rings. The van der Waals surface area contributed by atoms with Gasteiger partial charge in [0.05, 0.1) is 12.2 Å². The summed E-state index contributed by atoms with van der Waals surface area (Å²) in [7, 11) is 0. The Balaban J connectivity index is 2.08. The lowest BCUT2D eigenvalue weighted by Gasteiger charge is -2.23. The van der Waals surface area contributed by atoms with E-state index in [4.69, 9.17) is 4.74 Å². The number of esters is 1. The Kier molecular flexibility index (Phi) is 5.44. The maximum absolute atomic E-state index is 12.2. The van der Waals surface area contributed by atoms with Crippen LogP contribution in [0, 0.1) is 0 Å². The summed E-state index contributed by atoms with van der Waals surface area (Å²) in [5, 5.41) is 0. The van der Waals surface area contributed by atoms with Gasteiger partial charge in [0.2, 0.25) is 0 Å². The molecule has 1 aromatic carbocycles. The van der Waals surface area contributed by atoms with Gasteiger partial charge in [0.1, 0.15) is 0 Å². The number of carbonyl (C=O) groups is 1. The minimum absolute atomic E-state index is 0.144. The van der Waals surface area contributed by atoms with Crippen LogP contribution in [0.2, 0.25) is 0 Å². The molecular weight excluding hydrogens is 236 g/mol. The molecule has 2 rings (SSSR count). The zero-order valence-electron chi connectivity index (χ0n) is 11.9. The Labute approximate surface area is 116 Å². The molecular formula is C17H24O2. The van der Waals surface area contributed by atoms with Gasteiger partial charge >= 0.3 is 5.97 Å². The van der Waals surface area contributed by atoms with Crippen molar-refractivity contribution in [3.63, 3.8) is 0 Å². The Morgan fingerprint density at radius 2 is 1.95 bits per heavy atom. The summed E-state index contributed by atoms with van der Waals surface area (Å²) in [5.74, 6) is 0.401. The number of ether oxygens (including phenoxy) is 1. The first-order valence-electron chi connectivity index (χ1n) is 7.59. The zero-order chi connectivity index (χ0) is 13.5. The molecule has 19 heavy (non-hydrogen) atoms. The summed E-state index contributed by atoms with van der Waals surface area (Å²) < 4.78 is 5.36. The van der Waals surface area contributed by atoms with Crippen molar-refractivity contribution in [1.82, 2.24) is 0 Å². The molecule has 0 aromatic heterocycles. The normalized spacial score (nSPS) is 16.3. The number of rotatable bonds is 5. The van der Waals surface area contributed by atoms with Crippen LogP contribution in [-0.4, -0.2) is 12.6 Å². The van der Waals surface area contributed by atoms with E-state index in [1.165, 1.54) is 37.7 Å². The standard InChI is InChI=1S/C17H24O2/c1-2-3-13-19-17(18)16-12-8-7-11-15(16)14-9-5-4-6-10-14/h7-8,11-12,14H,2-6,9-10,13H2,1H3. The first-order valence-corrected chi connectivity index (χ1v) is 7.59. The second-order valence-electron chi connectivity index (χ2n) is 5.41. The van der Waals surface area contributed by atoms with Gasteiger partial charge in [-0.1, -0.05) is 50.8 Å². The second kappa shape index (κ2) is 7.32. The molecule has 0 amide bonds. The molecule has 0 bridgehead atoms. The molecule has 2 nitrogen and oxygen atoms in total. The minimum Gasteiger partial charge on any atom is -0.462 e. The largest absolute Gasteiger partial charge is 0.462 e. The molecule has 104 valence electrons. The van der Waals surface area contributed by atoms with Crippen LogP contribution in [0.3, 0.4) is 0 Å². The van der Waals surface area contributed by atoms with Gasteiger partial charge in [0, 0.05) is 0 Å². The number of hydrogen-bond donors (Lipinski definition) is 0. The highest BCUT2D eigenvalue weighted by Gasteiger charge is 2.21. The molecule has 1 aliphatic carbocycles. The zero-order valence-corrected chi connectivity index (χ0v) is 11.9. The summed E-state index contributed by atoms with van der Waals surface area (Å²) in [6, 6.07) is 7.99. The van der Waals surface area contributed by atoms with Gasteiger partial charge in [-0.15, -0.1) is 0 Å². The molecule has 1 aromatic rings. The van der Waals surface area contributed by atoms with Gasteiger partial charge in [0.25, 0.3) is 0 Å². The molecule has 0 atom stereocenters.